The van der Waals surface area contributed by atoms with Gasteiger partial charge < -0.3 is 15.8 Å². The monoisotopic (exact) mass is 296 g/mol. The number of rotatable bonds is 7. The Labute approximate surface area is 125 Å². The van der Waals surface area contributed by atoms with Crippen LogP contribution in [0, 0.1) is 5.92 Å². The third kappa shape index (κ3) is 6.42. The Bertz CT molecular complexity index is 400. The number of amides is 2. The van der Waals surface area contributed by atoms with Gasteiger partial charge in [0, 0.05) is 12.0 Å². The molecule has 118 valence electrons. The van der Waals surface area contributed by atoms with Crippen LogP contribution in [0.5, 0.6) is 0 Å². The highest BCUT2D eigenvalue weighted by Crippen LogP contribution is 2.23. The maximum Gasteiger partial charge on any atom is 0.330 e. The van der Waals surface area contributed by atoms with Crippen LogP contribution in [0.25, 0.3) is 0 Å². The molecule has 1 aliphatic rings. The zero-order valence-corrected chi connectivity index (χ0v) is 12.5. The van der Waals surface area contributed by atoms with Gasteiger partial charge in [0.05, 0.1) is 6.61 Å². The fraction of sp³-hybridized carbons (Fsp3) is 0.667. The van der Waals surface area contributed by atoms with E-state index in [4.69, 9.17) is 10.5 Å². The van der Waals surface area contributed by atoms with Crippen molar-refractivity contribution in [2.24, 2.45) is 11.7 Å². The molecule has 1 saturated carbocycles. The van der Waals surface area contributed by atoms with Gasteiger partial charge in [0.1, 0.15) is 6.04 Å². The molecular formula is C15H24N2O4. The van der Waals surface area contributed by atoms with Gasteiger partial charge in [0.2, 0.25) is 11.8 Å². The van der Waals surface area contributed by atoms with Crippen LogP contribution in [-0.4, -0.2) is 30.4 Å². The molecule has 0 aromatic heterocycles. The van der Waals surface area contributed by atoms with Gasteiger partial charge in [-0.3, -0.25) is 9.59 Å². The van der Waals surface area contributed by atoms with Crippen molar-refractivity contribution in [2.75, 3.05) is 6.61 Å². The Morgan fingerprint density at radius 3 is 2.52 bits per heavy atom. The number of carbonyl (C=O) groups excluding carboxylic acids is 3. The summed E-state index contributed by atoms with van der Waals surface area (Å²) in [6.07, 6.45) is 7.88. The highest BCUT2D eigenvalue weighted by Gasteiger charge is 2.24. The van der Waals surface area contributed by atoms with E-state index < -0.39 is 17.9 Å². The lowest BCUT2D eigenvalue weighted by atomic mass is 9.88. The van der Waals surface area contributed by atoms with E-state index in [9.17, 15) is 14.4 Å². The SMILES string of the molecule is CCOC(=O)/C=C/C[C@H](NC(=O)C1CCCCC1)C(N)=O. The van der Waals surface area contributed by atoms with Crippen LogP contribution in [0.15, 0.2) is 12.2 Å². The maximum atomic E-state index is 12.1. The summed E-state index contributed by atoms with van der Waals surface area (Å²) in [7, 11) is 0. The first-order valence-corrected chi connectivity index (χ1v) is 7.47. The van der Waals surface area contributed by atoms with Gasteiger partial charge in [-0.1, -0.05) is 25.3 Å². The van der Waals surface area contributed by atoms with Gasteiger partial charge in [-0.25, -0.2) is 4.79 Å². The predicted octanol–water partition coefficient (Wildman–Crippen LogP) is 1.05. The number of carbonyl (C=O) groups is 3. The molecule has 0 aromatic rings. The fourth-order valence-electron chi connectivity index (χ4n) is 2.39. The Hall–Kier alpha value is -1.85. The van der Waals surface area contributed by atoms with E-state index in [1.54, 1.807) is 6.92 Å². The molecule has 1 aliphatic carbocycles. The zero-order valence-electron chi connectivity index (χ0n) is 12.5. The second-order valence-corrected chi connectivity index (χ2v) is 5.19. The summed E-state index contributed by atoms with van der Waals surface area (Å²) in [5, 5.41) is 2.68. The van der Waals surface area contributed by atoms with E-state index in [1.807, 2.05) is 0 Å². The van der Waals surface area contributed by atoms with Gasteiger partial charge >= 0.3 is 5.97 Å². The number of hydrogen-bond acceptors (Lipinski definition) is 4. The molecule has 0 bridgehead atoms. The molecule has 1 atom stereocenters. The van der Waals surface area contributed by atoms with Crippen LogP contribution in [0.4, 0.5) is 0 Å². The van der Waals surface area contributed by atoms with E-state index in [1.165, 1.54) is 12.2 Å². The van der Waals surface area contributed by atoms with Crippen LogP contribution < -0.4 is 11.1 Å². The molecule has 6 nitrogen and oxygen atoms in total. The molecule has 3 N–H and O–H groups in total. The van der Waals surface area contributed by atoms with Gasteiger partial charge in [-0.2, -0.15) is 0 Å². The van der Waals surface area contributed by atoms with Gasteiger partial charge in [-0.05, 0) is 26.2 Å². The molecule has 2 amide bonds. The fourth-order valence-corrected chi connectivity index (χ4v) is 2.39. The molecule has 0 aliphatic heterocycles. The quantitative estimate of drug-likeness (QED) is 0.542. The molecular weight excluding hydrogens is 272 g/mol. The van der Waals surface area contributed by atoms with Crippen molar-refractivity contribution in [2.45, 2.75) is 51.5 Å². The van der Waals surface area contributed by atoms with Gasteiger partial charge in [0.25, 0.3) is 0 Å². The van der Waals surface area contributed by atoms with Crippen LogP contribution in [0.2, 0.25) is 0 Å². The van der Waals surface area contributed by atoms with Crippen LogP contribution in [0.3, 0.4) is 0 Å². The Morgan fingerprint density at radius 1 is 1.29 bits per heavy atom. The standard InChI is InChI=1S/C15H24N2O4/c1-2-21-13(18)10-6-9-12(14(16)19)17-15(20)11-7-4-3-5-8-11/h6,10-12H,2-5,7-9H2,1H3,(H2,16,19)(H,17,20)/b10-6+/t12-/m0/s1. The largest absolute Gasteiger partial charge is 0.463 e. The van der Waals surface area contributed by atoms with Crippen LogP contribution in [0.1, 0.15) is 45.4 Å². The number of primary amides is 1. The topological polar surface area (TPSA) is 98.5 Å². The lowest BCUT2D eigenvalue weighted by molar-refractivity contribution is -0.137. The summed E-state index contributed by atoms with van der Waals surface area (Å²) in [5.74, 6) is -1.23. The predicted molar refractivity (Wildman–Crippen MR) is 78.1 cm³/mol. The first kappa shape index (κ1) is 17.2. The summed E-state index contributed by atoms with van der Waals surface area (Å²) in [4.78, 5) is 34.6. The first-order chi connectivity index (χ1) is 10.0. The third-order valence-corrected chi connectivity index (χ3v) is 3.55. The summed E-state index contributed by atoms with van der Waals surface area (Å²) >= 11 is 0. The molecule has 1 rings (SSSR count). The zero-order chi connectivity index (χ0) is 15.7. The van der Waals surface area contributed by atoms with Gasteiger partial charge in [0.15, 0.2) is 0 Å². The minimum absolute atomic E-state index is 0.0327. The molecule has 0 aromatic carbocycles. The Morgan fingerprint density at radius 2 is 1.95 bits per heavy atom. The van der Waals surface area contributed by atoms with E-state index in [0.717, 1.165) is 32.1 Å². The lowest BCUT2D eigenvalue weighted by Crippen LogP contribution is -2.46. The Balaban J connectivity index is 2.47. The van der Waals surface area contributed by atoms with E-state index in [2.05, 4.69) is 5.32 Å². The molecule has 0 saturated heterocycles. The van der Waals surface area contributed by atoms with Crippen molar-refractivity contribution in [3.63, 3.8) is 0 Å². The Kier molecular flexibility index (Phi) is 7.50. The molecule has 0 radical (unpaired) electrons. The maximum absolute atomic E-state index is 12.1. The number of esters is 1. The molecule has 21 heavy (non-hydrogen) atoms. The van der Waals surface area contributed by atoms with Crippen molar-refractivity contribution in [1.29, 1.82) is 0 Å². The lowest BCUT2D eigenvalue weighted by Gasteiger charge is -2.23. The normalized spacial score (nSPS) is 17.4. The van der Waals surface area contributed by atoms with Crippen molar-refractivity contribution in [3.05, 3.63) is 12.2 Å². The number of hydrogen-bond donors (Lipinski definition) is 2. The molecule has 0 unspecified atom stereocenters. The first-order valence-electron chi connectivity index (χ1n) is 7.47. The van der Waals surface area contributed by atoms with E-state index >= 15 is 0 Å². The van der Waals surface area contributed by atoms with E-state index in [-0.39, 0.29) is 18.2 Å². The minimum Gasteiger partial charge on any atom is -0.463 e. The van der Waals surface area contributed by atoms with Crippen LogP contribution >= 0.6 is 0 Å². The molecule has 1 fully saturated rings. The van der Waals surface area contributed by atoms with E-state index in [0.29, 0.717) is 6.61 Å². The molecule has 6 heteroatoms. The summed E-state index contributed by atoms with van der Waals surface area (Å²) < 4.78 is 4.73. The molecule has 0 heterocycles. The number of nitrogens with one attached hydrogen (secondary N) is 1. The third-order valence-electron chi connectivity index (χ3n) is 3.55. The van der Waals surface area contributed by atoms with Crippen molar-refractivity contribution >= 4 is 17.8 Å². The molecule has 0 spiro atoms. The van der Waals surface area contributed by atoms with Crippen molar-refractivity contribution < 1.29 is 19.1 Å². The average molecular weight is 296 g/mol. The van der Waals surface area contributed by atoms with Crippen molar-refractivity contribution in [3.8, 4) is 0 Å². The second-order valence-electron chi connectivity index (χ2n) is 5.19. The van der Waals surface area contributed by atoms with Crippen LogP contribution in [-0.2, 0) is 19.1 Å². The highest BCUT2D eigenvalue weighted by atomic mass is 16.5. The summed E-state index contributed by atoms with van der Waals surface area (Å²) in [5.41, 5.74) is 5.29. The number of ether oxygens (including phenoxy) is 1. The minimum atomic E-state index is -0.787. The van der Waals surface area contributed by atoms with Crippen molar-refractivity contribution in [1.82, 2.24) is 5.32 Å². The summed E-state index contributed by atoms with van der Waals surface area (Å²) in [6, 6.07) is -0.787. The highest BCUT2D eigenvalue weighted by molar-refractivity contribution is 5.88. The summed E-state index contributed by atoms with van der Waals surface area (Å²) in [6.45, 7) is 2.00. The average Bonchev–Trinajstić information content (AvgIpc) is 2.47. The van der Waals surface area contributed by atoms with Gasteiger partial charge in [-0.15, -0.1) is 0 Å². The number of nitrogens with two attached hydrogens (primary N) is 1. The smallest absolute Gasteiger partial charge is 0.330 e. The second kappa shape index (κ2) is 9.15.